The van der Waals surface area contributed by atoms with Gasteiger partial charge in [-0.25, -0.2) is 13.4 Å². The molecule has 3 rings (SSSR count). The minimum Gasteiger partial charge on any atom is -0.354 e. The maximum absolute atomic E-state index is 13.0. The van der Waals surface area contributed by atoms with Gasteiger partial charge in [0.25, 0.3) is 0 Å². The molecule has 1 atom stereocenters. The van der Waals surface area contributed by atoms with Gasteiger partial charge in [0.2, 0.25) is 21.8 Å². The second-order valence-electron chi connectivity index (χ2n) is 7.70. The Morgan fingerprint density at radius 1 is 1.12 bits per heavy atom. The Morgan fingerprint density at radius 2 is 1.85 bits per heavy atom. The number of hydrogen-bond acceptors (Lipinski definition) is 7. The number of benzene rings is 1. The first-order chi connectivity index (χ1) is 15.7. The van der Waals surface area contributed by atoms with Gasteiger partial charge in [-0.05, 0) is 49.7 Å². The van der Waals surface area contributed by atoms with Crippen molar-refractivity contribution < 1.29 is 18.0 Å². The van der Waals surface area contributed by atoms with E-state index < -0.39 is 16.1 Å². The van der Waals surface area contributed by atoms with E-state index in [9.17, 15) is 23.3 Å². The number of amides is 2. The third-order valence-corrected chi connectivity index (χ3v) is 6.76. The summed E-state index contributed by atoms with van der Waals surface area (Å²) in [6, 6.07) is 10.3. The second-order valence-corrected chi connectivity index (χ2v) is 9.41. The van der Waals surface area contributed by atoms with Gasteiger partial charge in [-0.1, -0.05) is 0 Å². The van der Waals surface area contributed by atoms with Crippen molar-refractivity contribution in [2.24, 2.45) is 0 Å². The predicted molar refractivity (Wildman–Crippen MR) is 123 cm³/mol. The molecule has 1 aromatic carbocycles. The fourth-order valence-corrected chi connectivity index (χ4v) is 4.83. The van der Waals surface area contributed by atoms with Crippen LogP contribution in [0.2, 0.25) is 0 Å². The van der Waals surface area contributed by atoms with Crippen molar-refractivity contribution in [3.8, 4) is 6.07 Å². The minimum absolute atomic E-state index is 0.00233. The fraction of sp³-hybridized carbons (Fsp3) is 0.364. The summed E-state index contributed by atoms with van der Waals surface area (Å²) in [4.78, 5) is 32.0. The van der Waals surface area contributed by atoms with Gasteiger partial charge in [-0.3, -0.25) is 9.59 Å². The van der Waals surface area contributed by atoms with Crippen LogP contribution >= 0.6 is 0 Å². The molecule has 174 valence electrons. The zero-order chi connectivity index (χ0) is 24.0. The average molecular weight is 471 g/mol. The van der Waals surface area contributed by atoms with E-state index in [4.69, 9.17) is 0 Å². The largest absolute Gasteiger partial charge is 0.354 e. The van der Waals surface area contributed by atoms with Crippen molar-refractivity contribution in [1.29, 1.82) is 5.26 Å². The minimum atomic E-state index is -3.93. The van der Waals surface area contributed by atoms with Crippen LogP contribution in [-0.2, 0) is 19.6 Å². The molecule has 2 amide bonds. The standard InChI is InChI=1S/C22H26N6O4S/c1-16(26-33(31,32)20-8-6-19(7-9-20)25-17(2)29)22(30)28-12-4-11-27(13-14-28)21-18(15-23)5-3-10-24-21/h3,5-10,16,26H,4,11-14H2,1-2H3,(H,25,29)/t16-/m0/s1. The van der Waals surface area contributed by atoms with Crippen LogP contribution in [0.5, 0.6) is 0 Å². The van der Waals surface area contributed by atoms with E-state index in [1.807, 2.05) is 4.90 Å². The summed E-state index contributed by atoms with van der Waals surface area (Å²) >= 11 is 0. The molecule has 0 aliphatic carbocycles. The molecule has 1 saturated heterocycles. The van der Waals surface area contributed by atoms with Gasteiger partial charge in [-0.15, -0.1) is 0 Å². The summed E-state index contributed by atoms with van der Waals surface area (Å²) in [5.74, 6) is 0.00781. The Balaban J connectivity index is 1.63. The van der Waals surface area contributed by atoms with Crippen molar-refractivity contribution in [2.75, 3.05) is 36.4 Å². The zero-order valence-corrected chi connectivity index (χ0v) is 19.3. The molecule has 1 aliphatic heterocycles. The molecule has 2 aromatic rings. The van der Waals surface area contributed by atoms with Gasteiger partial charge in [-0.2, -0.15) is 9.98 Å². The molecule has 1 aromatic heterocycles. The summed E-state index contributed by atoms with van der Waals surface area (Å²) in [6.07, 6.45) is 2.29. The van der Waals surface area contributed by atoms with Crippen LogP contribution in [-0.4, -0.2) is 62.3 Å². The van der Waals surface area contributed by atoms with Crippen LogP contribution in [0.1, 0.15) is 25.8 Å². The number of nitrogens with one attached hydrogen (secondary N) is 2. The SMILES string of the molecule is CC(=O)Nc1ccc(S(=O)(=O)N[C@@H](C)C(=O)N2CCCN(c3ncccc3C#N)CC2)cc1. The van der Waals surface area contributed by atoms with Crippen LogP contribution in [0.4, 0.5) is 11.5 Å². The Morgan fingerprint density at radius 3 is 2.52 bits per heavy atom. The predicted octanol–water partition coefficient (Wildman–Crippen LogP) is 1.32. The normalized spacial score (nSPS) is 15.3. The molecule has 0 bridgehead atoms. The van der Waals surface area contributed by atoms with E-state index in [0.717, 1.165) is 0 Å². The van der Waals surface area contributed by atoms with Crippen molar-refractivity contribution in [1.82, 2.24) is 14.6 Å². The highest BCUT2D eigenvalue weighted by Gasteiger charge is 2.28. The highest BCUT2D eigenvalue weighted by molar-refractivity contribution is 7.89. The topological polar surface area (TPSA) is 136 Å². The van der Waals surface area contributed by atoms with Gasteiger partial charge < -0.3 is 15.1 Å². The van der Waals surface area contributed by atoms with Crippen LogP contribution in [0.25, 0.3) is 0 Å². The number of carbonyl (C=O) groups excluding carboxylic acids is 2. The highest BCUT2D eigenvalue weighted by Crippen LogP contribution is 2.19. The van der Waals surface area contributed by atoms with E-state index in [2.05, 4.69) is 21.1 Å². The van der Waals surface area contributed by atoms with Gasteiger partial charge in [0.15, 0.2) is 0 Å². The number of carbonyl (C=O) groups is 2. The van der Waals surface area contributed by atoms with Crippen molar-refractivity contribution in [3.05, 3.63) is 48.2 Å². The summed E-state index contributed by atoms with van der Waals surface area (Å²) in [5, 5.41) is 11.9. The molecule has 2 heterocycles. The lowest BCUT2D eigenvalue weighted by Crippen LogP contribution is -2.48. The number of nitriles is 1. The first-order valence-electron chi connectivity index (χ1n) is 10.5. The molecule has 10 nitrogen and oxygen atoms in total. The highest BCUT2D eigenvalue weighted by atomic mass is 32.2. The number of sulfonamides is 1. The van der Waals surface area contributed by atoms with E-state index in [1.54, 1.807) is 23.2 Å². The fourth-order valence-electron chi connectivity index (χ4n) is 3.63. The van der Waals surface area contributed by atoms with Crippen LogP contribution in [0.15, 0.2) is 47.5 Å². The number of rotatable bonds is 6. The third-order valence-electron chi connectivity index (χ3n) is 5.20. The van der Waals surface area contributed by atoms with Crippen LogP contribution < -0.4 is 14.9 Å². The summed E-state index contributed by atoms with van der Waals surface area (Å²) < 4.78 is 27.9. The summed E-state index contributed by atoms with van der Waals surface area (Å²) in [6.45, 7) is 4.86. The van der Waals surface area contributed by atoms with E-state index in [0.29, 0.717) is 49.7 Å². The van der Waals surface area contributed by atoms with E-state index in [-0.39, 0.29) is 16.7 Å². The van der Waals surface area contributed by atoms with Crippen molar-refractivity contribution >= 4 is 33.3 Å². The van der Waals surface area contributed by atoms with Crippen molar-refractivity contribution in [2.45, 2.75) is 31.2 Å². The number of nitrogens with zero attached hydrogens (tertiary/aromatic N) is 4. The first kappa shape index (κ1) is 24.2. The Hall–Kier alpha value is -3.49. The third kappa shape index (κ3) is 6.06. The van der Waals surface area contributed by atoms with Crippen LogP contribution in [0.3, 0.4) is 0 Å². The molecule has 11 heteroatoms. The Bertz CT molecular complexity index is 1160. The van der Waals surface area contributed by atoms with E-state index in [1.165, 1.54) is 38.1 Å². The molecular weight excluding hydrogens is 444 g/mol. The van der Waals surface area contributed by atoms with E-state index >= 15 is 0 Å². The molecule has 33 heavy (non-hydrogen) atoms. The number of hydrogen-bond donors (Lipinski definition) is 2. The first-order valence-corrected chi connectivity index (χ1v) is 12.0. The quantitative estimate of drug-likeness (QED) is 0.650. The van der Waals surface area contributed by atoms with Crippen LogP contribution in [0, 0.1) is 11.3 Å². The van der Waals surface area contributed by atoms with Gasteiger partial charge in [0, 0.05) is 45.0 Å². The molecule has 0 radical (unpaired) electrons. The Kier molecular flexibility index (Phi) is 7.63. The monoisotopic (exact) mass is 470 g/mol. The smallest absolute Gasteiger partial charge is 0.241 e. The molecule has 1 fully saturated rings. The lowest BCUT2D eigenvalue weighted by molar-refractivity contribution is -0.132. The average Bonchev–Trinajstić information content (AvgIpc) is 3.04. The lowest BCUT2D eigenvalue weighted by atomic mass is 10.2. The molecule has 0 spiro atoms. The van der Waals surface area contributed by atoms with Gasteiger partial charge in [0.1, 0.15) is 11.9 Å². The number of aromatic nitrogens is 1. The second kappa shape index (κ2) is 10.4. The summed E-state index contributed by atoms with van der Waals surface area (Å²) in [5.41, 5.74) is 0.954. The van der Waals surface area contributed by atoms with Gasteiger partial charge >= 0.3 is 0 Å². The van der Waals surface area contributed by atoms with Crippen molar-refractivity contribution in [3.63, 3.8) is 0 Å². The molecule has 2 N–H and O–H groups in total. The number of anilines is 2. The molecular formula is C22H26N6O4S. The molecule has 1 aliphatic rings. The zero-order valence-electron chi connectivity index (χ0n) is 18.5. The lowest BCUT2D eigenvalue weighted by Gasteiger charge is -2.25. The molecule has 0 saturated carbocycles. The summed E-state index contributed by atoms with van der Waals surface area (Å²) in [7, 11) is -3.93. The maximum atomic E-state index is 13.0. The Labute approximate surface area is 193 Å². The maximum Gasteiger partial charge on any atom is 0.241 e. The van der Waals surface area contributed by atoms with Gasteiger partial charge in [0.05, 0.1) is 16.5 Å². The molecule has 0 unspecified atom stereocenters. The number of pyridine rings is 1.